The van der Waals surface area contributed by atoms with E-state index in [1.54, 1.807) is 0 Å². The maximum Gasteiger partial charge on any atom is 0.0361 e. The Morgan fingerprint density at radius 1 is 1.16 bits per heavy atom. The van der Waals surface area contributed by atoms with Gasteiger partial charge in [0.15, 0.2) is 0 Å². The molecule has 1 fully saturated rings. The summed E-state index contributed by atoms with van der Waals surface area (Å²) in [6, 6.07) is 8.94. The van der Waals surface area contributed by atoms with Gasteiger partial charge in [-0.1, -0.05) is 32.9 Å². The van der Waals surface area contributed by atoms with Gasteiger partial charge in [0, 0.05) is 32.9 Å². The van der Waals surface area contributed by atoms with Gasteiger partial charge in [0.2, 0.25) is 0 Å². The third kappa shape index (κ3) is 5.23. The Kier molecular flexibility index (Phi) is 6.93. The molecule has 2 rings (SSSR count). The predicted octanol–water partition coefficient (Wildman–Crippen LogP) is 4.01. The number of hydrogen-bond donors (Lipinski definition) is 0. The first-order valence-corrected chi connectivity index (χ1v) is 7.64. The first-order valence-electron chi connectivity index (χ1n) is 7.64. The monoisotopic (exact) mass is 262 g/mol. The lowest BCUT2D eigenvalue weighted by Gasteiger charge is -2.30. The van der Waals surface area contributed by atoms with Crippen LogP contribution in [-0.4, -0.2) is 32.1 Å². The minimum Gasteiger partial charge on any atom is -0.378 e. The zero-order valence-electron chi connectivity index (χ0n) is 13.3. The van der Waals surface area contributed by atoms with Crippen molar-refractivity contribution in [2.75, 3.05) is 32.1 Å². The number of anilines is 1. The number of hydrogen-bond acceptors (Lipinski definition) is 2. The van der Waals surface area contributed by atoms with E-state index in [0.717, 1.165) is 12.5 Å². The van der Waals surface area contributed by atoms with E-state index in [2.05, 4.69) is 55.1 Å². The summed E-state index contributed by atoms with van der Waals surface area (Å²) in [5, 5.41) is 0. The highest BCUT2D eigenvalue weighted by Crippen LogP contribution is 2.19. The second-order valence-electron chi connectivity index (χ2n) is 5.54. The van der Waals surface area contributed by atoms with E-state index in [0.29, 0.717) is 0 Å². The van der Waals surface area contributed by atoms with Crippen LogP contribution in [0.1, 0.15) is 39.2 Å². The Hall–Kier alpha value is -1.02. The summed E-state index contributed by atoms with van der Waals surface area (Å²) in [6.45, 7) is 9.99. The smallest absolute Gasteiger partial charge is 0.0361 e. The quantitative estimate of drug-likeness (QED) is 0.812. The molecule has 0 bridgehead atoms. The van der Waals surface area contributed by atoms with Crippen LogP contribution in [0.3, 0.4) is 0 Å². The Morgan fingerprint density at radius 3 is 2.32 bits per heavy atom. The number of benzene rings is 1. The van der Waals surface area contributed by atoms with Gasteiger partial charge in [0.25, 0.3) is 0 Å². The number of nitrogens with zero attached hydrogens (tertiary/aromatic N) is 2. The van der Waals surface area contributed by atoms with Gasteiger partial charge in [-0.25, -0.2) is 0 Å². The molecule has 0 saturated carbocycles. The van der Waals surface area contributed by atoms with Crippen LogP contribution >= 0.6 is 0 Å². The van der Waals surface area contributed by atoms with Crippen molar-refractivity contribution in [3.8, 4) is 0 Å². The lowest BCUT2D eigenvalue weighted by Crippen LogP contribution is -2.33. The molecular weight excluding hydrogens is 232 g/mol. The molecule has 1 atom stereocenters. The molecular formula is C17H30N2. The molecule has 2 heteroatoms. The van der Waals surface area contributed by atoms with Crippen molar-refractivity contribution in [2.24, 2.45) is 5.92 Å². The highest BCUT2D eigenvalue weighted by Gasteiger charge is 2.15. The van der Waals surface area contributed by atoms with Crippen LogP contribution in [0.15, 0.2) is 24.3 Å². The van der Waals surface area contributed by atoms with Crippen molar-refractivity contribution in [1.29, 1.82) is 0 Å². The minimum absolute atomic E-state index is 0.866. The highest BCUT2D eigenvalue weighted by molar-refractivity contribution is 5.45. The molecule has 0 aromatic heterocycles. The molecule has 0 amide bonds. The van der Waals surface area contributed by atoms with Crippen molar-refractivity contribution in [3.05, 3.63) is 29.8 Å². The summed E-state index contributed by atoms with van der Waals surface area (Å²) in [7, 11) is 4.17. The second kappa shape index (κ2) is 8.21. The van der Waals surface area contributed by atoms with E-state index < -0.39 is 0 Å². The second-order valence-corrected chi connectivity index (χ2v) is 5.54. The van der Waals surface area contributed by atoms with Gasteiger partial charge >= 0.3 is 0 Å². The Labute approximate surface area is 119 Å². The summed E-state index contributed by atoms with van der Waals surface area (Å²) < 4.78 is 0. The van der Waals surface area contributed by atoms with Crippen LogP contribution < -0.4 is 4.90 Å². The molecule has 108 valence electrons. The largest absolute Gasteiger partial charge is 0.378 e. The highest BCUT2D eigenvalue weighted by atomic mass is 15.1. The number of piperidine rings is 1. The third-order valence-electron chi connectivity index (χ3n) is 3.60. The summed E-state index contributed by atoms with van der Waals surface area (Å²) in [6.07, 6.45) is 2.76. The first-order chi connectivity index (χ1) is 9.15. The zero-order chi connectivity index (χ0) is 14.3. The molecule has 19 heavy (non-hydrogen) atoms. The Balaban J connectivity index is 0.000000861. The van der Waals surface area contributed by atoms with Gasteiger partial charge in [-0.3, -0.25) is 4.90 Å². The van der Waals surface area contributed by atoms with Crippen LogP contribution in [0.25, 0.3) is 0 Å². The van der Waals surface area contributed by atoms with Crippen molar-refractivity contribution in [3.63, 3.8) is 0 Å². The summed E-state index contributed by atoms with van der Waals surface area (Å²) in [5.41, 5.74) is 2.71. The molecule has 2 nitrogen and oxygen atoms in total. The van der Waals surface area contributed by atoms with Gasteiger partial charge in [0.05, 0.1) is 0 Å². The minimum atomic E-state index is 0.866. The lowest BCUT2D eigenvalue weighted by atomic mass is 10.00. The Bertz CT molecular complexity index is 343. The first kappa shape index (κ1) is 16.0. The van der Waals surface area contributed by atoms with E-state index >= 15 is 0 Å². The molecule has 0 N–H and O–H groups in total. The van der Waals surface area contributed by atoms with E-state index in [4.69, 9.17) is 0 Å². The lowest BCUT2D eigenvalue weighted by molar-refractivity contribution is 0.176. The van der Waals surface area contributed by atoms with Gasteiger partial charge in [-0.15, -0.1) is 0 Å². The molecule has 1 aromatic rings. The molecule has 1 aliphatic rings. The van der Waals surface area contributed by atoms with Gasteiger partial charge in [-0.05, 0) is 43.0 Å². The predicted molar refractivity (Wildman–Crippen MR) is 85.8 cm³/mol. The van der Waals surface area contributed by atoms with E-state index in [9.17, 15) is 0 Å². The summed E-state index contributed by atoms with van der Waals surface area (Å²) >= 11 is 0. The average Bonchev–Trinajstić information content (AvgIpc) is 2.41. The van der Waals surface area contributed by atoms with Gasteiger partial charge < -0.3 is 4.90 Å². The molecule has 1 unspecified atom stereocenters. The van der Waals surface area contributed by atoms with Crippen molar-refractivity contribution >= 4 is 5.69 Å². The van der Waals surface area contributed by atoms with E-state index in [1.807, 2.05) is 13.8 Å². The van der Waals surface area contributed by atoms with Crippen LogP contribution in [0, 0.1) is 5.92 Å². The SMILES string of the molecule is CC.CC1CCCN(Cc2ccc(N(C)C)cc2)C1. The molecule has 1 aliphatic heterocycles. The average molecular weight is 262 g/mol. The molecule has 0 radical (unpaired) electrons. The van der Waals surface area contributed by atoms with Gasteiger partial charge in [-0.2, -0.15) is 0 Å². The van der Waals surface area contributed by atoms with Crippen molar-refractivity contribution in [1.82, 2.24) is 4.90 Å². The standard InChI is InChI=1S/C15H24N2.C2H6/c1-13-5-4-10-17(11-13)12-14-6-8-15(9-7-14)16(2)3;1-2/h6-9,13H,4-5,10-12H2,1-3H3;1-2H3. The van der Waals surface area contributed by atoms with E-state index in [-0.39, 0.29) is 0 Å². The number of rotatable bonds is 3. The summed E-state index contributed by atoms with van der Waals surface area (Å²) in [4.78, 5) is 4.73. The van der Waals surface area contributed by atoms with Crippen molar-refractivity contribution < 1.29 is 0 Å². The van der Waals surface area contributed by atoms with Crippen LogP contribution in [0.4, 0.5) is 5.69 Å². The Morgan fingerprint density at radius 2 is 1.79 bits per heavy atom. The fourth-order valence-electron chi connectivity index (χ4n) is 2.59. The maximum atomic E-state index is 2.58. The fourth-order valence-corrected chi connectivity index (χ4v) is 2.59. The van der Waals surface area contributed by atoms with Crippen LogP contribution in [-0.2, 0) is 6.54 Å². The van der Waals surface area contributed by atoms with Gasteiger partial charge in [0.1, 0.15) is 0 Å². The van der Waals surface area contributed by atoms with Crippen LogP contribution in [0.5, 0.6) is 0 Å². The zero-order valence-corrected chi connectivity index (χ0v) is 13.3. The topological polar surface area (TPSA) is 6.48 Å². The molecule has 1 saturated heterocycles. The molecule has 0 spiro atoms. The van der Waals surface area contributed by atoms with E-state index in [1.165, 1.54) is 37.2 Å². The van der Waals surface area contributed by atoms with Crippen molar-refractivity contribution in [2.45, 2.75) is 40.2 Å². The van der Waals surface area contributed by atoms with Crippen LogP contribution in [0.2, 0.25) is 0 Å². The molecule has 1 aromatic carbocycles. The third-order valence-corrected chi connectivity index (χ3v) is 3.60. The fraction of sp³-hybridized carbons (Fsp3) is 0.647. The maximum absolute atomic E-state index is 2.58. The normalized spacial score (nSPS) is 19.5. The number of likely N-dealkylation sites (tertiary alicyclic amines) is 1. The summed E-state index contributed by atoms with van der Waals surface area (Å²) in [5.74, 6) is 0.866. The molecule has 0 aliphatic carbocycles. The molecule has 1 heterocycles.